The van der Waals surface area contributed by atoms with Gasteiger partial charge in [0.2, 0.25) is 0 Å². The molecule has 1 atom stereocenters. The number of hydrogen-bond acceptors (Lipinski definition) is 4. The van der Waals surface area contributed by atoms with E-state index in [1.807, 2.05) is 0 Å². The highest BCUT2D eigenvalue weighted by molar-refractivity contribution is 5.85. The van der Waals surface area contributed by atoms with Gasteiger partial charge in [-0.05, 0) is 20.8 Å². The smallest absolute Gasteiger partial charge is 0.324 e. The Morgan fingerprint density at radius 3 is 2.14 bits per heavy atom. The molecule has 0 aliphatic carbocycles. The molecule has 0 rings (SSSR count). The first-order valence-electron chi connectivity index (χ1n) is 3.92. The molecule has 3 N–H and O–H groups in total. The fourth-order valence-corrected chi connectivity index (χ4v) is 0.649. The summed E-state index contributed by atoms with van der Waals surface area (Å²) in [6, 6.07) is -1.09. The van der Waals surface area contributed by atoms with Crippen LogP contribution in [0.1, 0.15) is 27.2 Å². The largest absolute Gasteiger partial charge is 0.481 e. The van der Waals surface area contributed by atoms with Gasteiger partial charge in [-0.3, -0.25) is 9.59 Å². The Kier molecular flexibility index (Phi) is 6.51. The highest BCUT2D eigenvalue weighted by atomic mass is 35.5. The Labute approximate surface area is 89.0 Å². The van der Waals surface area contributed by atoms with Gasteiger partial charge in [0, 0.05) is 0 Å². The lowest BCUT2D eigenvalue weighted by Gasteiger charge is -2.21. The lowest BCUT2D eigenvalue weighted by molar-refractivity contribution is -0.158. The van der Waals surface area contributed by atoms with Crippen molar-refractivity contribution in [3.63, 3.8) is 0 Å². The average molecular weight is 226 g/mol. The molecule has 0 spiro atoms. The van der Waals surface area contributed by atoms with Gasteiger partial charge < -0.3 is 15.6 Å². The number of hydrogen-bond donors (Lipinski definition) is 2. The summed E-state index contributed by atoms with van der Waals surface area (Å²) in [7, 11) is 0. The summed E-state index contributed by atoms with van der Waals surface area (Å²) in [5.74, 6) is -1.80. The Balaban J connectivity index is 0. The molecule has 0 saturated carbocycles. The number of nitrogens with two attached hydrogens (primary N) is 1. The third-order valence-electron chi connectivity index (χ3n) is 1.10. The lowest BCUT2D eigenvalue weighted by Crippen LogP contribution is -2.38. The van der Waals surface area contributed by atoms with E-state index in [1.165, 1.54) is 0 Å². The molecule has 14 heavy (non-hydrogen) atoms. The Bertz CT molecular complexity index is 212. The molecule has 0 aromatic carbocycles. The molecular formula is C8H16ClNO4. The molecule has 0 bridgehead atoms. The lowest BCUT2D eigenvalue weighted by atomic mass is 10.1. The molecule has 0 aliphatic heterocycles. The SMILES string of the molecule is CC(C)(C)OC(=O)C(N)CC(=O)O.Cl. The van der Waals surface area contributed by atoms with Crippen molar-refractivity contribution >= 4 is 24.3 Å². The number of halogens is 1. The van der Waals surface area contributed by atoms with Crippen molar-refractivity contribution in [2.75, 3.05) is 0 Å². The van der Waals surface area contributed by atoms with E-state index in [2.05, 4.69) is 0 Å². The molecule has 0 radical (unpaired) electrons. The predicted octanol–water partition coefficient (Wildman–Crippen LogP) is 0.552. The summed E-state index contributed by atoms with van der Waals surface area (Å²) in [5.41, 5.74) is 4.64. The van der Waals surface area contributed by atoms with Gasteiger partial charge in [0.25, 0.3) is 0 Å². The van der Waals surface area contributed by atoms with Crippen molar-refractivity contribution in [3.8, 4) is 0 Å². The van der Waals surface area contributed by atoms with E-state index >= 15 is 0 Å². The van der Waals surface area contributed by atoms with Crippen LogP contribution < -0.4 is 5.73 Å². The van der Waals surface area contributed by atoms with Crippen molar-refractivity contribution < 1.29 is 19.4 Å². The minimum atomic E-state index is -1.11. The van der Waals surface area contributed by atoms with E-state index in [4.69, 9.17) is 15.6 Å². The van der Waals surface area contributed by atoms with Crippen molar-refractivity contribution in [1.82, 2.24) is 0 Å². The first-order valence-corrected chi connectivity index (χ1v) is 3.92. The zero-order valence-corrected chi connectivity index (χ0v) is 9.26. The van der Waals surface area contributed by atoms with E-state index in [1.54, 1.807) is 20.8 Å². The molecule has 84 valence electrons. The van der Waals surface area contributed by atoms with Crippen molar-refractivity contribution in [1.29, 1.82) is 0 Å². The first-order chi connectivity index (χ1) is 5.72. The molecule has 1 unspecified atom stereocenters. The predicted molar refractivity (Wildman–Crippen MR) is 53.3 cm³/mol. The normalized spacial score (nSPS) is 12.6. The molecule has 0 aliphatic rings. The van der Waals surface area contributed by atoms with Crippen molar-refractivity contribution in [3.05, 3.63) is 0 Å². The Hall–Kier alpha value is -0.810. The maximum Gasteiger partial charge on any atom is 0.324 e. The van der Waals surface area contributed by atoms with Crippen LogP contribution in [-0.2, 0) is 14.3 Å². The molecule has 0 heterocycles. The van der Waals surface area contributed by atoms with E-state index in [0.717, 1.165) is 0 Å². The van der Waals surface area contributed by atoms with Crippen LogP contribution in [0.15, 0.2) is 0 Å². The van der Waals surface area contributed by atoms with Crippen molar-refractivity contribution in [2.45, 2.75) is 38.8 Å². The molecule has 0 aromatic heterocycles. The molecule has 5 nitrogen and oxygen atoms in total. The second-order valence-corrected chi connectivity index (χ2v) is 3.74. The van der Waals surface area contributed by atoms with Crippen LogP contribution in [0, 0.1) is 0 Å². The minimum Gasteiger partial charge on any atom is -0.481 e. The maximum atomic E-state index is 11.1. The summed E-state index contributed by atoms with van der Waals surface area (Å²) in [6.45, 7) is 5.08. The second kappa shape index (κ2) is 5.82. The van der Waals surface area contributed by atoms with E-state index in [0.29, 0.717) is 0 Å². The summed E-state index contributed by atoms with van der Waals surface area (Å²) in [5, 5.41) is 8.34. The third kappa shape index (κ3) is 7.82. The topological polar surface area (TPSA) is 89.6 Å². The zero-order chi connectivity index (χ0) is 10.6. The number of carboxylic acid groups (broad SMARTS) is 1. The number of rotatable bonds is 3. The standard InChI is InChI=1S/C8H15NO4.ClH/c1-8(2,3)13-7(12)5(9)4-6(10)11;/h5H,4,9H2,1-3H3,(H,10,11);1H. The van der Waals surface area contributed by atoms with Crippen LogP contribution in [0.25, 0.3) is 0 Å². The van der Waals surface area contributed by atoms with Gasteiger partial charge >= 0.3 is 11.9 Å². The molecule has 0 fully saturated rings. The van der Waals surface area contributed by atoms with Gasteiger partial charge in [0.05, 0.1) is 6.42 Å². The van der Waals surface area contributed by atoms with Crippen LogP contribution in [0.4, 0.5) is 0 Å². The molecular weight excluding hydrogens is 210 g/mol. The number of ether oxygens (including phenoxy) is 1. The summed E-state index contributed by atoms with van der Waals surface area (Å²) < 4.78 is 4.87. The van der Waals surface area contributed by atoms with Gasteiger partial charge in [-0.15, -0.1) is 12.4 Å². The second-order valence-electron chi connectivity index (χ2n) is 3.74. The van der Waals surface area contributed by atoms with Crippen molar-refractivity contribution in [2.24, 2.45) is 5.73 Å². The third-order valence-corrected chi connectivity index (χ3v) is 1.10. The number of carbonyl (C=O) groups excluding carboxylic acids is 1. The highest BCUT2D eigenvalue weighted by Crippen LogP contribution is 2.08. The fourth-order valence-electron chi connectivity index (χ4n) is 0.649. The minimum absolute atomic E-state index is 0. The maximum absolute atomic E-state index is 11.1. The number of carboxylic acids is 1. The van der Waals surface area contributed by atoms with E-state index < -0.39 is 30.0 Å². The Morgan fingerprint density at radius 1 is 1.43 bits per heavy atom. The monoisotopic (exact) mass is 225 g/mol. The van der Waals surface area contributed by atoms with Crippen LogP contribution >= 0.6 is 12.4 Å². The molecule has 6 heteroatoms. The van der Waals surface area contributed by atoms with Gasteiger partial charge in [0.1, 0.15) is 11.6 Å². The fraction of sp³-hybridized carbons (Fsp3) is 0.750. The van der Waals surface area contributed by atoms with Gasteiger partial charge in [-0.25, -0.2) is 0 Å². The quantitative estimate of drug-likeness (QED) is 0.685. The van der Waals surface area contributed by atoms with Crippen LogP contribution in [0.5, 0.6) is 0 Å². The molecule has 0 aromatic rings. The summed E-state index contributed by atoms with van der Waals surface area (Å²) in [4.78, 5) is 21.3. The zero-order valence-electron chi connectivity index (χ0n) is 8.44. The molecule has 0 amide bonds. The van der Waals surface area contributed by atoms with E-state index in [9.17, 15) is 9.59 Å². The van der Waals surface area contributed by atoms with Crippen LogP contribution in [-0.4, -0.2) is 28.7 Å². The number of carbonyl (C=O) groups is 2. The van der Waals surface area contributed by atoms with E-state index in [-0.39, 0.29) is 12.4 Å². The number of aliphatic carboxylic acids is 1. The van der Waals surface area contributed by atoms with Gasteiger partial charge in [-0.2, -0.15) is 0 Å². The van der Waals surface area contributed by atoms with Crippen LogP contribution in [0.3, 0.4) is 0 Å². The number of esters is 1. The summed E-state index contributed by atoms with van der Waals surface area (Å²) >= 11 is 0. The van der Waals surface area contributed by atoms with Gasteiger partial charge in [0.15, 0.2) is 0 Å². The first kappa shape index (κ1) is 15.7. The summed E-state index contributed by atoms with van der Waals surface area (Å²) in [6.07, 6.45) is -0.408. The van der Waals surface area contributed by atoms with Crippen LogP contribution in [0.2, 0.25) is 0 Å². The van der Waals surface area contributed by atoms with Gasteiger partial charge in [-0.1, -0.05) is 0 Å². The Morgan fingerprint density at radius 2 is 1.86 bits per heavy atom. The highest BCUT2D eigenvalue weighted by Gasteiger charge is 2.23. The molecule has 0 saturated heterocycles. The average Bonchev–Trinajstić information content (AvgIpc) is 1.81.